The second-order valence-corrected chi connectivity index (χ2v) is 4.89. The molecule has 0 radical (unpaired) electrons. The van der Waals surface area contributed by atoms with E-state index in [-0.39, 0.29) is 11.6 Å². The number of pyridine rings is 1. The monoisotopic (exact) mass is 290 g/mol. The van der Waals surface area contributed by atoms with Gasteiger partial charge in [0, 0.05) is 31.0 Å². The van der Waals surface area contributed by atoms with Crippen LogP contribution in [0.15, 0.2) is 24.4 Å². The molecule has 1 aliphatic carbocycles. The van der Waals surface area contributed by atoms with Gasteiger partial charge in [0.25, 0.3) is 5.91 Å². The Morgan fingerprint density at radius 3 is 3.00 bits per heavy atom. The van der Waals surface area contributed by atoms with Gasteiger partial charge in [0.15, 0.2) is 0 Å². The lowest BCUT2D eigenvalue weighted by atomic mass is 10.1. The molecule has 1 aromatic heterocycles. The van der Waals surface area contributed by atoms with Crippen molar-refractivity contribution in [3.05, 3.63) is 35.7 Å². The molecule has 1 aromatic rings. The van der Waals surface area contributed by atoms with Crippen LogP contribution in [-0.4, -0.2) is 41.7 Å². The maximum Gasteiger partial charge on any atom is 0.328 e. The molecule has 0 bridgehead atoms. The summed E-state index contributed by atoms with van der Waals surface area (Å²) >= 11 is 0. The zero-order valence-corrected chi connectivity index (χ0v) is 11.6. The highest BCUT2D eigenvalue weighted by molar-refractivity contribution is 5.97. The maximum absolute atomic E-state index is 12.0. The van der Waals surface area contributed by atoms with Crippen molar-refractivity contribution < 1.29 is 19.4 Å². The number of ether oxygens (including phenoxy) is 1. The minimum absolute atomic E-state index is 0.206. The van der Waals surface area contributed by atoms with E-state index in [4.69, 9.17) is 9.84 Å². The third-order valence-electron chi connectivity index (χ3n) is 3.04. The van der Waals surface area contributed by atoms with Gasteiger partial charge < -0.3 is 15.2 Å². The zero-order chi connectivity index (χ0) is 15.1. The highest BCUT2D eigenvalue weighted by Gasteiger charge is 2.20. The minimum Gasteiger partial charge on any atom is -0.478 e. The molecule has 112 valence electrons. The lowest BCUT2D eigenvalue weighted by Crippen LogP contribution is -2.28. The van der Waals surface area contributed by atoms with Crippen LogP contribution in [0, 0.1) is 5.92 Å². The zero-order valence-electron chi connectivity index (χ0n) is 11.6. The summed E-state index contributed by atoms with van der Waals surface area (Å²) in [6.45, 7) is 1.63. The molecule has 0 aliphatic heterocycles. The number of rotatable bonds is 8. The second kappa shape index (κ2) is 7.54. The molecule has 1 saturated carbocycles. The van der Waals surface area contributed by atoms with Crippen molar-refractivity contribution in [3.8, 4) is 0 Å². The molecule has 1 heterocycles. The van der Waals surface area contributed by atoms with Crippen molar-refractivity contribution >= 4 is 18.0 Å². The van der Waals surface area contributed by atoms with Crippen molar-refractivity contribution in [2.24, 2.45) is 5.92 Å². The van der Waals surface area contributed by atoms with Crippen LogP contribution >= 0.6 is 0 Å². The quantitative estimate of drug-likeness (QED) is 0.557. The summed E-state index contributed by atoms with van der Waals surface area (Å²) in [5.41, 5.74) is 0.675. The standard InChI is InChI=1S/C15H18N2O4/c18-13(19)6-5-12-2-1-7-16-14(12)15(20)17-8-9-21-10-11-3-4-11/h1-2,5-7,11H,3-4,8-10H2,(H,17,20)(H,18,19)/b6-5+. The molecular formula is C15H18N2O4. The molecular weight excluding hydrogens is 272 g/mol. The van der Waals surface area contributed by atoms with E-state index >= 15 is 0 Å². The van der Waals surface area contributed by atoms with E-state index in [1.165, 1.54) is 25.1 Å². The predicted octanol–water partition coefficient (Wildman–Crippen LogP) is 1.34. The molecule has 6 nitrogen and oxygen atoms in total. The Labute approximate surface area is 122 Å². The Kier molecular flexibility index (Phi) is 5.45. The number of aliphatic carboxylic acids is 1. The van der Waals surface area contributed by atoms with Crippen LogP contribution in [-0.2, 0) is 9.53 Å². The van der Waals surface area contributed by atoms with E-state index in [0.29, 0.717) is 24.6 Å². The number of aromatic nitrogens is 1. The summed E-state index contributed by atoms with van der Waals surface area (Å²) in [7, 11) is 0. The van der Waals surface area contributed by atoms with E-state index in [0.717, 1.165) is 12.7 Å². The smallest absolute Gasteiger partial charge is 0.328 e. The number of nitrogens with one attached hydrogen (secondary N) is 1. The summed E-state index contributed by atoms with van der Waals surface area (Å²) < 4.78 is 5.43. The molecule has 0 aromatic carbocycles. The van der Waals surface area contributed by atoms with E-state index < -0.39 is 5.97 Å². The summed E-state index contributed by atoms with van der Waals surface area (Å²) in [6.07, 6.45) is 6.30. The minimum atomic E-state index is -1.07. The number of carboxylic acids is 1. The fourth-order valence-electron chi connectivity index (χ4n) is 1.76. The van der Waals surface area contributed by atoms with Crippen molar-refractivity contribution in [1.29, 1.82) is 0 Å². The van der Waals surface area contributed by atoms with Gasteiger partial charge in [-0.2, -0.15) is 0 Å². The Bertz CT molecular complexity index is 538. The van der Waals surface area contributed by atoms with Crippen LogP contribution < -0.4 is 5.32 Å². The predicted molar refractivity (Wildman–Crippen MR) is 76.8 cm³/mol. The van der Waals surface area contributed by atoms with Crippen molar-refractivity contribution in [1.82, 2.24) is 10.3 Å². The van der Waals surface area contributed by atoms with Gasteiger partial charge in [0.2, 0.25) is 0 Å². The van der Waals surface area contributed by atoms with Gasteiger partial charge in [-0.15, -0.1) is 0 Å². The number of hydrogen-bond acceptors (Lipinski definition) is 4. The molecule has 1 aliphatic rings. The normalized spacial score (nSPS) is 14.3. The largest absolute Gasteiger partial charge is 0.478 e. The average molecular weight is 290 g/mol. The lowest BCUT2D eigenvalue weighted by Gasteiger charge is -2.07. The number of hydrogen-bond donors (Lipinski definition) is 2. The average Bonchev–Trinajstić information content (AvgIpc) is 3.29. The van der Waals surface area contributed by atoms with Gasteiger partial charge in [0.05, 0.1) is 6.61 Å². The van der Waals surface area contributed by atoms with Crippen LogP contribution in [0.1, 0.15) is 28.9 Å². The van der Waals surface area contributed by atoms with Crippen molar-refractivity contribution in [2.75, 3.05) is 19.8 Å². The topological polar surface area (TPSA) is 88.5 Å². The Balaban J connectivity index is 1.84. The highest BCUT2D eigenvalue weighted by atomic mass is 16.5. The lowest BCUT2D eigenvalue weighted by molar-refractivity contribution is -0.131. The SMILES string of the molecule is O=C(O)/C=C/c1cccnc1C(=O)NCCOCC1CC1. The Hall–Kier alpha value is -2.21. The molecule has 0 unspecified atom stereocenters. The summed E-state index contributed by atoms with van der Waals surface area (Å²) in [5, 5.41) is 11.3. The van der Waals surface area contributed by atoms with Gasteiger partial charge in [-0.3, -0.25) is 9.78 Å². The molecule has 2 N–H and O–H groups in total. The molecule has 2 rings (SSSR count). The summed E-state index contributed by atoms with van der Waals surface area (Å²) in [4.78, 5) is 26.5. The number of nitrogens with zero attached hydrogens (tertiary/aromatic N) is 1. The van der Waals surface area contributed by atoms with Gasteiger partial charge in [0.1, 0.15) is 5.69 Å². The van der Waals surface area contributed by atoms with E-state index in [2.05, 4.69) is 10.3 Å². The maximum atomic E-state index is 12.0. The van der Waals surface area contributed by atoms with E-state index in [1.807, 2.05) is 0 Å². The third kappa shape index (κ3) is 5.35. The Morgan fingerprint density at radius 2 is 2.29 bits per heavy atom. The summed E-state index contributed by atoms with van der Waals surface area (Å²) in [5.74, 6) is -0.710. The van der Waals surface area contributed by atoms with Crippen LogP contribution in [0.5, 0.6) is 0 Å². The molecule has 0 atom stereocenters. The molecule has 6 heteroatoms. The number of carboxylic acid groups (broad SMARTS) is 1. The van der Waals surface area contributed by atoms with E-state index in [9.17, 15) is 9.59 Å². The molecule has 0 spiro atoms. The van der Waals surface area contributed by atoms with Gasteiger partial charge in [-0.05, 0) is 30.9 Å². The van der Waals surface area contributed by atoms with Crippen molar-refractivity contribution in [3.63, 3.8) is 0 Å². The first kappa shape index (κ1) is 15.2. The van der Waals surface area contributed by atoms with Crippen molar-refractivity contribution in [2.45, 2.75) is 12.8 Å². The first-order valence-corrected chi connectivity index (χ1v) is 6.89. The summed E-state index contributed by atoms with van der Waals surface area (Å²) in [6, 6.07) is 3.29. The van der Waals surface area contributed by atoms with E-state index in [1.54, 1.807) is 12.1 Å². The van der Waals surface area contributed by atoms with Crippen LogP contribution in [0.2, 0.25) is 0 Å². The van der Waals surface area contributed by atoms with Gasteiger partial charge >= 0.3 is 5.97 Å². The van der Waals surface area contributed by atoms with Gasteiger partial charge in [-0.1, -0.05) is 6.07 Å². The first-order valence-electron chi connectivity index (χ1n) is 6.89. The highest BCUT2D eigenvalue weighted by Crippen LogP contribution is 2.28. The van der Waals surface area contributed by atoms with Gasteiger partial charge in [-0.25, -0.2) is 4.79 Å². The number of carbonyl (C=O) groups excluding carboxylic acids is 1. The molecule has 1 amide bonds. The second-order valence-electron chi connectivity index (χ2n) is 4.89. The van der Waals surface area contributed by atoms with Crippen LogP contribution in [0.25, 0.3) is 6.08 Å². The third-order valence-corrected chi connectivity index (χ3v) is 3.04. The first-order chi connectivity index (χ1) is 10.2. The number of carbonyl (C=O) groups is 2. The van der Waals surface area contributed by atoms with Crippen LogP contribution in [0.3, 0.4) is 0 Å². The molecule has 0 saturated heterocycles. The fraction of sp³-hybridized carbons (Fsp3) is 0.400. The Morgan fingerprint density at radius 1 is 1.48 bits per heavy atom. The molecule has 1 fully saturated rings. The fourth-order valence-corrected chi connectivity index (χ4v) is 1.76. The number of amides is 1. The molecule has 21 heavy (non-hydrogen) atoms. The van der Waals surface area contributed by atoms with Crippen LogP contribution in [0.4, 0.5) is 0 Å².